The summed E-state index contributed by atoms with van der Waals surface area (Å²) in [6, 6.07) is -0.251. The van der Waals surface area contributed by atoms with Gasteiger partial charge >= 0.3 is 0 Å². The number of nitrogens with zero attached hydrogens (tertiary/aromatic N) is 3. The maximum Gasteiger partial charge on any atom is 0.223 e. The molecule has 6 nitrogen and oxygen atoms in total. The van der Waals surface area contributed by atoms with Crippen LogP contribution in [0.3, 0.4) is 0 Å². The van der Waals surface area contributed by atoms with Gasteiger partial charge in [0.25, 0.3) is 0 Å². The van der Waals surface area contributed by atoms with E-state index in [0.29, 0.717) is 32.2 Å². The molecule has 0 spiro atoms. The Kier molecular flexibility index (Phi) is 5.96. The highest BCUT2D eigenvalue weighted by atomic mass is 19.1. The van der Waals surface area contributed by atoms with Crippen molar-refractivity contribution in [1.29, 1.82) is 0 Å². The van der Waals surface area contributed by atoms with E-state index in [2.05, 4.69) is 10.4 Å². The van der Waals surface area contributed by atoms with Crippen LogP contribution in [0.5, 0.6) is 0 Å². The third-order valence-corrected chi connectivity index (χ3v) is 4.79. The maximum absolute atomic E-state index is 13.8. The molecule has 0 saturated carbocycles. The van der Waals surface area contributed by atoms with Crippen molar-refractivity contribution in [2.24, 2.45) is 7.05 Å². The van der Waals surface area contributed by atoms with Gasteiger partial charge in [-0.05, 0) is 25.8 Å². The van der Waals surface area contributed by atoms with E-state index in [1.54, 1.807) is 11.8 Å². The molecule has 0 aromatic carbocycles. The predicted octanol–water partition coefficient (Wildman–Crippen LogP) is 1.43. The van der Waals surface area contributed by atoms with Crippen molar-refractivity contribution in [3.8, 4) is 0 Å². The number of hydrogen-bond acceptors (Lipinski definition) is 3. The van der Waals surface area contributed by atoms with Gasteiger partial charge in [0.05, 0.1) is 18.3 Å². The summed E-state index contributed by atoms with van der Waals surface area (Å²) in [6.45, 7) is 6.13. The van der Waals surface area contributed by atoms with Gasteiger partial charge in [-0.25, -0.2) is 4.39 Å². The second kappa shape index (κ2) is 7.77. The molecule has 24 heavy (non-hydrogen) atoms. The van der Waals surface area contributed by atoms with Gasteiger partial charge in [0.1, 0.15) is 6.17 Å². The van der Waals surface area contributed by atoms with Crippen molar-refractivity contribution < 1.29 is 14.0 Å². The monoisotopic (exact) mass is 338 g/mol. The molecule has 2 amide bonds. The number of aromatic nitrogens is 2. The Morgan fingerprint density at radius 1 is 1.38 bits per heavy atom. The van der Waals surface area contributed by atoms with E-state index >= 15 is 0 Å². The van der Waals surface area contributed by atoms with Crippen molar-refractivity contribution in [2.45, 2.75) is 58.7 Å². The smallest absolute Gasteiger partial charge is 0.223 e. The number of amides is 2. The molecule has 2 unspecified atom stereocenters. The molecule has 2 rings (SSSR count). The van der Waals surface area contributed by atoms with Crippen molar-refractivity contribution in [2.75, 3.05) is 13.1 Å². The maximum atomic E-state index is 13.8. The van der Waals surface area contributed by atoms with Crippen molar-refractivity contribution >= 4 is 11.8 Å². The molecule has 1 N–H and O–H groups in total. The van der Waals surface area contributed by atoms with E-state index < -0.39 is 6.17 Å². The highest BCUT2D eigenvalue weighted by Gasteiger charge is 2.35. The van der Waals surface area contributed by atoms with E-state index in [1.807, 2.05) is 25.6 Å². The third-order valence-electron chi connectivity index (χ3n) is 4.79. The minimum Gasteiger partial charge on any atom is -0.354 e. The number of aryl methyl sites for hydroxylation is 2. The van der Waals surface area contributed by atoms with Crippen LogP contribution in [0, 0.1) is 13.8 Å². The zero-order chi connectivity index (χ0) is 17.9. The lowest BCUT2D eigenvalue weighted by Crippen LogP contribution is -2.43. The van der Waals surface area contributed by atoms with E-state index in [9.17, 15) is 14.0 Å². The molecule has 1 aliphatic rings. The van der Waals surface area contributed by atoms with Gasteiger partial charge < -0.3 is 10.2 Å². The van der Waals surface area contributed by atoms with Crippen molar-refractivity contribution in [3.05, 3.63) is 17.0 Å². The van der Waals surface area contributed by atoms with Gasteiger partial charge in [0.2, 0.25) is 11.8 Å². The number of halogens is 1. The molecular weight excluding hydrogens is 311 g/mol. The second-order valence-electron chi connectivity index (χ2n) is 6.46. The normalized spacial score (nSPS) is 20.5. The lowest BCUT2D eigenvalue weighted by Gasteiger charge is -2.24. The van der Waals surface area contributed by atoms with Crippen molar-refractivity contribution in [3.63, 3.8) is 0 Å². The number of carbonyl (C=O) groups is 2. The fourth-order valence-corrected chi connectivity index (χ4v) is 3.27. The summed E-state index contributed by atoms with van der Waals surface area (Å²) in [7, 11) is 1.88. The zero-order valence-corrected chi connectivity index (χ0v) is 14.9. The third kappa shape index (κ3) is 4.13. The molecule has 1 aromatic heterocycles. The second-order valence-corrected chi connectivity index (χ2v) is 6.46. The average Bonchev–Trinajstić information content (AvgIpc) is 3.03. The highest BCUT2D eigenvalue weighted by molar-refractivity contribution is 5.78. The number of alkyl halides is 1. The first kappa shape index (κ1) is 18.4. The summed E-state index contributed by atoms with van der Waals surface area (Å²) in [4.78, 5) is 25.5. The Balaban J connectivity index is 1.95. The Hall–Kier alpha value is -1.92. The Labute approximate surface area is 142 Å². The molecule has 1 aliphatic heterocycles. The van der Waals surface area contributed by atoms with Crippen molar-refractivity contribution in [1.82, 2.24) is 20.0 Å². The van der Waals surface area contributed by atoms with Gasteiger partial charge in [-0.15, -0.1) is 0 Å². The number of likely N-dealkylation sites (tertiary alicyclic amines) is 1. The van der Waals surface area contributed by atoms with E-state index in [-0.39, 0.29) is 24.4 Å². The fraction of sp³-hybridized carbons (Fsp3) is 0.706. The largest absolute Gasteiger partial charge is 0.354 e. The summed E-state index contributed by atoms with van der Waals surface area (Å²) in [5.74, 6) is -0.139. The summed E-state index contributed by atoms with van der Waals surface area (Å²) >= 11 is 0. The quantitative estimate of drug-likeness (QED) is 0.853. The molecule has 2 heterocycles. The first-order valence-electron chi connectivity index (χ1n) is 8.52. The van der Waals surface area contributed by atoms with E-state index in [4.69, 9.17) is 0 Å². The van der Waals surface area contributed by atoms with Gasteiger partial charge in [0.15, 0.2) is 0 Å². The SMILES string of the molecule is CCC(=O)NCC1CC(F)CN1C(=O)CCc1c(C)nn(C)c1C. The molecular formula is C17H27FN4O2. The van der Waals surface area contributed by atoms with Gasteiger partial charge in [-0.3, -0.25) is 14.3 Å². The van der Waals surface area contributed by atoms with Crippen LogP contribution in [0.2, 0.25) is 0 Å². The molecule has 1 aromatic rings. The van der Waals surface area contributed by atoms with Crippen LogP contribution in [-0.4, -0.2) is 51.8 Å². The number of hydrogen-bond donors (Lipinski definition) is 1. The lowest BCUT2D eigenvalue weighted by molar-refractivity contribution is -0.132. The Bertz CT molecular complexity index is 614. The van der Waals surface area contributed by atoms with Crippen LogP contribution in [0.25, 0.3) is 0 Å². The average molecular weight is 338 g/mol. The molecule has 134 valence electrons. The highest BCUT2D eigenvalue weighted by Crippen LogP contribution is 2.22. The van der Waals surface area contributed by atoms with Crippen LogP contribution in [0.4, 0.5) is 4.39 Å². The topological polar surface area (TPSA) is 67.2 Å². The van der Waals surface area contributed by atoms with Gasteiger partial charge in [0, 0.05) is 38.5 Å². The van der Waals surface area contributed by atoms with Crippen LogP contribution in [0.1, 0.15) is 43.1 Å². The lowest BCUT2D eigenvalue weighted by atomic mass is 10.1. The van der Waals surface area contributed by atoms with E-state index in [1.165, 1.54) is 0 Å². The predicted molar refractivity (Wildman–Crippen MR) is 89.3 cm³/mol. The van der Waals surface area contributed by atoms with Crippen LogP contribution in [0.15, 0.2) is 0 Å². The zero-order valence-electron chi connectivity index (χ0n) is 14.9. The summed E-state index contributed by atoms with van der Waals surface area (Å²) in [6.07, 6.45) is 0.601. The number of rotatable bonds is 6. The molecule has 7 heteroatoms. The van der Waals surface area contributed by atoms with E-state index in [0.717, 1.165) is 17.0 Å². The standard InChI is InChI=1S/C17H27FN4O2/c1-5-16(23)19-9-14-8-13(18)10-22(14)17(24)7-6-15-11(2)20-21(4)12(15)3/h13-14H,5-10H2,1-4H3,(H,19,23). The van der Waals surface area contributed by atoms with Crippen LogP contribution < -0.4 is 5.32 Å². The molecule has 0 aliphatic carbocycles. The van der Waals surface area contributed by atoms with Gasteiger partial charge in [-0.1, -0.05) is 6.92 Å². The molecule has 0 bridgehead atoms. The summed E-state index contributed by atoms with van der Waals surface area (Å²) < 4.78 is 15.6. The van der Waals surface area contributed by atoms with Crippen LogP contribution in [-0.2, 0) is 23.1 Å². The first-order chi connectivity index (χ1) is 11.3. The minimum absolute atomic E-state index is 0.0615. The Morgan fingerprint density at radius 2 is 2.08 bits per heavy atom. The molecule has 0 radical (unpaired) electrons. The first-order valence-corrected chi connectivity index (χ1v) is 8.52. The van der Waals surface area contributed by atoms with Gasteiger partial charge in [-0.2, -0.15) is 5.10 Å². The number of carbonyl (C=O) groups excluding carboxylic acids is 2. The van der Waals surface area contributed by atoms with Crippen LogP contribution >= 0.6 is 0 Å². The molecule has 1 saturated heterocycles. The summed E-state index contributed by atoms with van der Waals surface area (Å²) in [5.41, 5.74) is 3.06. The minimum atomic E-state index is -1.01. The summed E-state index contributed by atoms with van der Waals surface area (Å²) in [5, 5.41) is 7.12. The Morgan fingerprint density at radius 3 is 2.67 bits per heavy atom. The molecule has 2 atom stereocenters. The number of nitrogens with one attached hydrogen (secondary N) is 1. The fourth-order valence-electron chi connectivity index (χ4n) is 3.27. The molecule has 1 fully saturated rings.